The summed E-state index contributed by atoms with van der Waals surface area (Å²) in [5.41, 5.74) is 0.455. The molecule has 3 N–H and O–H groups in total. The number of aromatic nitrogens is 1. The van der Waals surface area contributed by atoms with Gasteiger partial charge in [0.1, 0.15) is 11.6 Å². The van der Waals surface area contributed by atoms with E-state index in [4.69, 9.17) is 9.84 Å². The number of halogens is 1. The lowest BCUT2D eigenvalue weighted by Gasteiger charge is -2.08. The largest absolute Gasteiger partial charge is 0.394 e. The molecule has 0 unspecified atom stereocenters. The molecule has 7 heteroatoms. The first kappa shape index (κ1) is 16.9. The molecule has 23 heavy (non-hydrogen) atoms. The lowest BCUT2D eigenvalue weighted by atomic mass is 10.2. The summed E-state index contributed by atoms with van der Waals surface area (Å²) in [5.74, 6) is -0.469. The van der Waals surface area contributed by atoms with Crippen LogP contribution in [0.25, 0.3) is 0 Å². The van der Waals surface area contributed by atoms with Crippen molar-refractivity contribution < 1.29 is 19.0 Å². The van der Waals surface area contributed by atoms with E-state index in [1.807, 2.05) is 0 Å². The van der Waals surface area contributed by atoms with Gasteiger partial charge in [-0.1, -0.05) is 12.1 Å². The molecule has 1 aromatic heterocycles. The van der Waals surface area contributed by atoms with Gasteiger partial charge in [-0.05, 0) is 24.3 Å². The average Bonchev–Trinajstić information content (AvgIpc) is 2.56. The molecule has 0 saturated carbocycles. The third kappa shape index (κ3) is 5.32. The fourth-order valence-electron chi connectivity index (χ4n) is 1.83. The maximum atomic E-state index is 13.5. The molecule has 0 atom stereocenters. The van der Waals surface area contributed by atoms with E-state index in [2.05, 4.69) is 15.6 Å². The predicted octanol–water partition coefficient (Wildman–Crippen LogP) is 1.89. The van der Waals surface area contributed by atoms with E-state index in [-0.39, 0.29) is 12.2 Å². The minimum atomic E-state index is -0.570. The second-order valence-corrected chi connectivity index (χ2v) is 4.63. The second-order valence-electron chi connectivity index (χ2n) is 4.63. The van der Waals surface area contributed by atoms with E-state index in [0.717, 1.165) is 0 Å². The van der Waals surface area contributed by atoms with Gasteiger partial charge in [0.15, 0.2) is 0 Å². The zero-order valence-corrected chi connectivity index (χ0v) is 12.5. The number of hydrogen-bond donors (Lipinski definition) is 3. The van der Waals surface area contributed by atoms with Crippen molar-refractivity contribution in [3.05, 3.63) is 54.0 Å². The number of benzene rings is 1. The first-order valence-electron chi connectivity index (χ1n) is 7.15. The van der Waals surface area contributed by atoms with Crippen molar-refractivity contribution in [1.82, 2.24) is 4.98 Å². The number of aliphatic hydroxyl groups is 1. The van der Waals surface area contributed by atoms with Crippen molar-refractivity contribution in [2.24, 2.45) is 0 Å². The molecule has 0 aliphatic rings. The molecule has 6 nitrogen and oxygen atoms in total. The van der Waals surface area contributed by atoms with Gasteiger partial charge in [0.25, 0.3) is 5.91 Å². The number of rotatable bonds is 8. The molecule has 1 heterocycles. The predicted molar refractivity (Wildman–Crippen MR) is 85.0 cm³/mol. The molecule has 2 aromatic rings. The fourth-order valence-corrected chi connectivity index (χ4v) is 1.83. The van der Waals surface area contributed by atoms with E-state index >= 15 is 0 Å². The van der Waals surface area contributed by atoms with E-state index in [1.165, 1.54) is 24.4 Å². The van der Waals surface area contributed by atoms with Gasteiger partial charge in [-0.15, -0.1) is 0 Å². The number of amides is 1. The summed E-state index contributed by atoms with van der Waals surface area (Å²) in [5, 5.41) is 14.2. The summed E-state index contributed by atoms with van der Waals surface area (Å²) >= 11 is 0. The Morgan fingerprint density at radius 1 is 1.22 bits per heavy atom. The molecule has 0 saturated heterocycles. The normalized spacial score (nSPS) is 10.3. The molecule has 1 aromatic carbocycles. The Morgan fingerprint density at radius 3 is 2.74 bits per heavy atom. The smallest absolute Gasteiger partial charge is 0.258 e. The van der Waals surface area contributed by atoms with Crippen molar-refractivity contribution in [2.75, 3.05) is 37.0 Å². The van der Waals surface area contributed by atoms with E-state index in [9.17, 15) is 9.18 Å². The number of nitrogens with zero attached hydrogens (tertiary/aromatic N) is 1. The number of carbonyl (C=O) groups is 1. The fraction of sp³-hybridized carbons (Fsp3) is 0.250. The quantitative estimate of drug-likeness (QED) is 0.647. The van der Waals surface area contributed by atoms with Gasteiger partial charge in [0, 0.05) is 6.54 Å². The number of carbonyl (C=O) groups excluding carboxylic acids is 1. The molecule has 2 rings (SSSR count). The number of aliphatic hydroxyl groups excluding tert-OH is 1. The molecular weight excluding hydrogens is 301 g/mol. The first-order chi connectivity index (χ1) is 11.2. The van der Waals surface area contributed by atoms with Gasteiger partial charge < -0.3 is 20.5 Å². The average molecular weight is 319 g/mol. The summed E-state index contributed by atoms with van der Waals surface area (Å²) in [6.45, 7) is 1.30. The number of hydrogen-bond acceptors (Lipinski definition) is 5. The Morgan fingerprint density at radius 2 is 2.04 bits per heavy atom. The monoisotopic (exact) mass is 319 g/mol. The van der Waals surface area contributed by atoms with Crippen LogP contribution < -0.4 is 10.6 Å². The maximum Gasteiger partial charge on any atom is 0.258 e. The van der Waals surface area contributed by atoms with Crippen LogP contribution in [-0.2, 0) is 4.74 Å². The van der Waals surface area contributed by atoms with Crippen molar-refractivity contribution in [3.63, 3.8) is 0 Å². The maximum absolute atomic E-state index is 13.5. The van der Waals surface area contributed by atoms with Gasteiger partial charge in [-0.2, -0.15) is 0 Å². The van der Waals surface area contributed by atoms with Crippen LogP contribution in [0.1, 0.15) is 10.4 Å². The topological polar surface area (TPSA) is 83.5 Å². The summed E-state index contributed by atoms with van der Waals surface area (Å²) in [6.07, 6.45) is 1.48. The lowest BCUT2D eigenvalue weighted by Crippen LogP contribution is -2.14. The van der Waals surface area contributed by atoms with Crippen LogP contribution >= 0.6 is 0 Å². The van der Waals surface area contributed by atoms with Crippen LogP contribution in [0.2, 0.25) is 0 Å². The van der Waals surface area contributed by atoms with Crippen LogP contribution in [0.15, 0.2) is 42.6 Å². The van der Waals surface area contributed by atoms with Gasteiger partial charge in [0.05, 0.1) is 37.3 Å². The highest BCUT2D eigenvalue weighted by Crippen LogP contribution is 2.13. The molecular formula is C16H18FN3O3. The highest BCUT2D eigenvalue weighted by Gasteiger charge is 2.10. The van der Waals surface area contributed by atoms with Crippen molar-refractivity contribution in [3.8, 4) is 0 Å². The molecule has 0 bridgehead atoms. The number of anilines is 2. The van der Waals surface area contributed by atoms with Crippen LogP contribution in [0.5, 0.6) is 0 Å². The van der Waals surface area contributed by atoms with Crippen LogP contribution in [-0.4, -0.2) is 42.4 Å². The zero-order chi connectivity index (χ0) is 16.5. The summed E-state index contributed by atoms with van der Waals surface area (Å²) in [7, 11) is 0. The van der Waals surface area contributed by atoms with E-state index in [1.54, 1.807) is 18.2 Å². The number of pyridine rings is 1. The summed E-state index contributed by atoms with van der Waals surface area (Å²) in [6, 6.07) is 9.14. The van der Waals surface area contributed by atoms with E-state index in [0.29, 0.717) is 31.3 Å². The summed E-state index contributed by atoms with van der Waals surface area (Å²) < 4.78 is 18.6. The van der Waals surface area contributed by atoms with Crippen molar-refractivity contribution in [1.29, 1.82) is 0 Å². The zero-order valence-electron chi connectivity index (χ0n) is 12.5. The Balaban J connectivity index is 1.85. The minimum absolute atomic E-state index is 0.00530. The van der Waals surface area contributed by atoms with Gasteiger partial charge in [-0.25, -0.2) is 9.37 Å². The molecule has 0 spiro atoms. The minimum Gasteiger partial charge on any atom is -0.394 e. The molecule has 0 radical (unpaired) electrons. The van der Waals surface area contributed by atoms with Crippen molar-refractivity contribution in [2.45, 2.75) is 0 Å². The third-order valence-corrected chi connectivity index (χ3v) is 2.93. The Kier molecular flexibility index (Phi) is 6.46. The van der Waals surface area contributed by atoms with Crippen LogP contribution in [0, 0.1) is 5.82 Å². The lowest BCUT2D eigenvalue weighted by molar-refractivity contribution is 0.0992. The van der Waals surface area contributed by atoms with Gasteiger partial charge in [-0.3, -0.25) is 4.79 Å². The van der Waals surface area contributed by atoms with Crippen LogP contribution in [0.3, 0.4) is 0 Å². The molecule has 0 fully saturated rings. The third-order valence-electron chi connectivity index (χ3n) is 2.93. The molecule has 0 aliphatic carbocycles. The number of ether oxygens (including phenoxy) is 1. The molecule has 122 valence electrons. The van der Waals surface area contributed by atoms with Crippen LogP contribution in [0.4, 0.5) is 15.9 Å². The van der Waals surface area contributed by atoms with E-state index < -0.39 is 11.7 Å². The highest BCUT2D eigenvalue weighted by molar-refractivity contribution is 6.04. The Bertz CT molecular complexity index is 635. The Labute approximate surface area is 133 Å². The first-order valence-corrected chi connectivity index (χ1v) is 7.15. The van der Waals surface area contributed by atoms with Crippen molar-refractivity contribution >= 4 is 17.4 Å². The molecule has 1 amide bonds. The standard InChI is InChI=1S/C16H18FN3O3/c17-14-4-2-1-3-13(14)16(22)20-12-5-6-15(19-11-12)18-7-9-23-10-8-21/h1-6,11,21H,7-10H2,(H,18,19)(H,20,22). The SMILES string of the molecule is O=C(Nc1ccc(NCCOCCO)nc1)c1ccccc1F. The van der Waals surface area contributed by atoms with Gasteiger partial charge in [0.2, 0.25) is 0 Å². The number of nitrogens with one attached hydrogen (secondary N) is 2. The highest BCUT2D eigenvalue weighted by atomic mass is 19.1. The second kappa shape index (κ2) is 8.82. The Hall–Kier alpha value is -2.51. The molecule has 0 aliphatic heterocycles. The summed E-state index contributed by atoms with van der Waals surface area (Å²) in [4.78, 5) is 16.1. The van der Waals surface area contributed by atoms with Gasteiger partial charge >= 0.3 is 0 Å².